The second-order valence-electron chi connectivity index (χ2n) is 5.86. The topological polar surface area (TPSA) is 42.1 Å². The minimum Gasteiger partial charge on any atom is -0.356 e. The van der Waals surface area contributed by atoms with Crippen molar-refractivity contribution >= 4 is 5.82 Å². The van der Waals surface area contributed by atoms with Crippen LogP contribution in [-0.4, -0.2) is 18.1 Å². The number of pyridine rings is 1. The molecule has 1 aliphatic rings. The molecule has 1 atom stereocenters. The lowest BCUT2D eigenvalue weighted by Gasteiger charge is -2.38. The Kier molecular flexibility index (Phi) is 3.38. The standard InChI is InChI=1S/C14H23N3/c1-11(15)12-5-4-8-16-13(12)17-9-6-14(2,3)7-10-17/h4-5,8,11H,6-7,9-10,15H2,1-3H3/t11-/m1/s1. The molecular weight excluding hydrogens is 210 g/mol. The van der Waals surface area contributed by atoms with Crippen LogP contribution in [0.1, 0.15) is 45.2 Å². The third-order valence-electron chi connectivity index (χ3n) is 3.72. The lowest BCUT2D eigenvalue weighted by atomic mass is 9.82. The average molecular weight is 233 g/mol. The van der Waals surface area contributed by atoms with Crippen LogP contribution in [0, 0.1) is 5.41 Å². The van der Waals surface area contributed by atoms with Gasteiger partial charge in [-0.1, -0.05) is 19.9 Å². The fourth-order valence-electron chi connectivity index (χ4n) is 2.35. The van der Waals surface area contributed by atoms with E-state index in [1.807, 2.05) is 19.2 Å². The zero-order valence-corrected chi connectivity index (χ0v) is 11.1. The van der Waals surface area contributed by atoms with Crippen LogP contribution in [0.3, 0.4) is 0 Å². The predicted molar refractivity (Wildman–Crippen MR) is 72.1 cm³/mol. The fourth-order valence-corrected chi connectivity index (χ4v) is 2.35. The molecule has 17 heavy (non-hydrogen) atoms. The molecule has 2 N–H and O–H groups in total. The molecule has 3 heteroatoms. The van der Waals surface area contributed by atoms with Gasteiger partial charge in [0, 0.05) is 30.9 Å². The lowest BCUT2D eigenvalue weighted by Crippen LogP contribution is -2.38. The molecule has 0 radical (unpaired) electrons. The van der Waals surface area contributed by atoms with E-state index in [1.165, 1.54) is 12.8 Å². The molecule has 1 aromatic heterocycles. The maximum atomic E-state index is 6.01. The van der Waals surface area contributed by atoms with E-state index in [0.717, 1.165) is 24.5 Å². The van der Waals surface area contributed by atoms with Crippen LogP contribution in [0.2, 0.25) is 0 Å². The molecule has 0 aliphatic carbocycles. The van der Waals surface area contributed by atoms with E-state index in [0.29, 0.717) is 5.41 Å². The Balaban J connectivity index is 2.18. The first-order chi connectivity index (χ1) is 7.99. The van der Waals surface area contributed by atoms with Gasteiger partial charge in [0.25, 0.3) is 0 Å². The quantitative estimate of drug-likeness (QED) is 0.854. The van der Waals surface area contributed by atoms with Crippen LogP contribution >= 0.6 is 0 Å². The number of hydrogen-bond acceptors (Lipinski definition) is 3. The Morgan fingerprint density at radius 2 is 2.00 bits per heavy atom. The van der Waals surface area contributed by atoms with Gasteiger partial charge in [-0.2, -0.15) is 0 Å². The SMILES string of the molecule is C[C@@H](N)c1cccnc1N1CCC(C)(C)CC1. The molecule has 0 aromatic carbocycles. The number of nitrogens with zero attached hydrogens (tertiary/aromatic N) is 2. The van der Waals surface area contributed by atoms with Gasteiger partial charge in [0.05, 0.1) is 0 Å². The third-order valence-corrected chi connectivity index (χ3v) is 3.72. The second-order valence-corrected chi connectivity index (χ2v) is 5.86. The van der Waals surface area contributed by atoms with Crippen molar-refractivity contribution in [1.82, 2.24) is 4.98 Å². The van der Waals surface area contributed by atoms with Gasteiger partial charge < -0.3 is 10.6 Å². The van der Waals surface area contributed by atoms with Crippen molar-refractivity contribution in [3.05, 3.63) is 23.9 Å². The molecule has 0 saturated carbocycles. The highest BCUT2D eigenvalue weighted by molar-refractivity contribution is 5.48. The van der Waals surface area contributed by atoms with Crippen LogP contribution in [0.5, 0.6) is 0 Å². The molecule has 2 heterocycles. The van der Waals surface area contributed by atoms with Crippen LogP contribution in [0.25, 0.3) is 0 Å². The van der Waals surface area contributed by atoms with Gasteiger partial charge >= 0.3 is 0 Å². The Morgan fingerprint density at radius 1 is 1.35 bits per heavy atom. The maximum Gasteiger partial charge on any atom is 0.133 e. The minimum absolute atomic E-state index is 0.0497. The first kappa shape index (κ1) is 12.4. The second kappa shape index (κ2) is 4.65. The van der Waals surface area contributed by atoms with E-state index in [9.17, 15) is 0 Å². The monoisotopic (exact) mass is 233 g/mol. The van der Waals surface area contributed by atoms with Crippen molar-refractivity contribution < 1.29 is 0 Å². The largest absolute Gasteiger partial charge is 0.356 e. The van der Waals surface area contributed by atoms with Gasteiger partial charge in [-0.3, -0.25) is 0 Å². The Bertz CT molecular complexity index is 375. The average Bonchev–Trinajstić information content (AvgIpc) is 2.29. The van der Waals surface area contributed by atoms with E-state index in [-0.39, 0.29) is 6.04 Å². The number of anilines is 1. The molecule has 0 amide bonds. The number of rotatable bonds is 2. The number of piperidine rings is 1. The third kappa shape index (κ3) is 2.78. The van der Waals surface area contributed by atoms with Gasteiger partial charge in [0.15, 0.2) is 0 Å². The lowest BCUT2D eigenvalue weighted by molar-refractivity contribution is 0.279. The zero-order chi connectivity index (χ0) is 12.5. The molecule has 3 nitrogen and oxygen atoms in total. The maximum absolute atomic E-state index is 6.01. The van der Waals surface area contributed by atoms with E-state index < -0.39 is 0 Å². The molecule has 0 bridgehead atoms. The molecule has 1 aromatic rings. The van der Waals surface area contributed by atoms with Crippen molar-refractivity contribution in [3.63, 3.8) is 0 Å². The molecule has 0 unspecified atom stereocenters. The molecule has 94 valence electrons. The fraction of sp³-hybridized carbons (Fsp3) is 0.643. The summed E-state index contributed by atoms with van der Waals surface area (Å²) in [6.45, 7) is 8.88. The minimum atomic E-state index is 0.0497. The number of aromatic nitrogens is 1. The van der Waals surface area contributed by atoms with Crippen LogP contribution in [-0.2, 0) is 0 Å². The molecule has 1 aliphatic heterocycles. The highest BCUT2D eigenvalue weighted by Crippen LogP contribution is 2.33. The normalized spacial score (nSPS) is 21.3. The van der Waals surface area contributed by atoms with Crippen molar-refractivity contribution in [2.45, 2.75) is 39.7 Å². The first-order valence-electron chi connectivity index (χ1n) is 6.45. The Hall–Kier alpha value is -1.09. The van der Waals surface area contributed by atoms with Gasteiger partial charge in [-0.05, 0) is 31.2 Å². The highest BCUT2D eigenvalue weighted by Gasteiger charge is 2.27. The van der Waals surface area contributed by atoms with Gasteiger partial charge in [-0.25, -0.2) is 4.98 Å². The molecular formula is C14H23N3. The van der Waals surface area contributed by atoms with Crippen molar-refractivity contribution in [3.8, 4) is 0 Å². The van der Waals surface area contributed by atoms with Crippen molar-refractivity contribution in [2.75, 3.05) is 18.0 Å². The van der Waals surface area contributed by atoms with Gasteiger partial charge in [0.1, 0.15) is 5.82 Å². The summed E-state index contributed by atoms with van der Waals surface area (Å²) in [5.41, 5.74) is 7.64. The molecule has 1 fully saturated rings. The summed E-state index contributed by atoms with van der Waals surface area (Å²) in [5.74, 6) is 1.08. The summed E-state index contributed by atoms with van der Waals surface area (Å²) in [4.78, 5) is 6.90. The molecule has 1 saturated heterocycles. The predicted octanol–water partition coefficient (Wildman–Crippen LogP) is 2.73. The summed E-state index contributed by atoms with van der Waals surface area (Å²) < 4.78 is 0. The zero-order valence-electron chi connectivity index (χ0n) is 11.1. The van der Waals surface area contributed by atoms with Crippen LogP contribution < -0.4 is 10.6 Å². The first-order valence-corrected chi connectivity index (χ1v) is 6.45. The number of hydrogen-bond donors (Lipinski definition) is 1. The smallest absolute Gasteiger partial charge is 0.133 e. The summed E-state index contributed by atoms with van der Waals surface area (Å²) >= 11 is 0. The van der Waals surface area contributed by atoms with E-state index >= 15 is 0 Å². The molecule has 2 rings (SSSR count). The Labute approximate surface area is 104 Å². The summed E-state index contributed by atoms with van der Waals surface area (Å²) in [7, 11) is 0. The van der Waals surface area contributed by atoms with E-state index in [1.54, 1.807) is 0 Å². The summed E-state index contributed by atoms with van der Waals surface area (Å²) in [6.07, 6.45) is 4.31. The Morgan fingerprint density at radius 3 is 2.59 bits per heavy atom. The van der Waals surface area contributed by atoms with Crippen LogP contribution in [0.15, 0.2) is 18.3 Å². The summed E-state index contributed by atoms with van der Waals surface area (Å²) in [6, 6.07) is 4.11. The highest BCUT2D eigenvalue weighted by atomic mass is 15.2. The molecule has 0 spiro atoms. The van der Waals surface area contributed by atoms with Crippen LogP contribution in [0.4, 0.5) is 5.82 Å². The van der Waals surface area contributed by atoms with Crippen molar-refractivity contribution in [2.24, 2.45) is 11.1 Å². The summed E-state index contributed by atoms with van der Waals surface area (Å²) in [5, 5.41) is 0. The van der Waals surface area contributed by atoms with E-state index in [2.05, 4.69) is 29.8 Å². The van der Waals surface area contributed by atoms with Gasteiger partial charge in [0.2, 0.25) is 0 Å². The number of nitrogens with two attached hydrogens (primary N) is 1. The van der Waals surface area contributed by atoms with Crippen molar-refractivity contribution in [1.29, 1.82) is 0 Å². The van der Waals surface area contributed by atoms with E-state index in [4.69, 9.17) is 5.73 Å². The van der Waals surface area contributed by atoms with Gasteiger partial charge in [-0.15, -0.1) is 0 Å².